The summed E-state index contributed by atoms with van der Waals surface area (Å²) in [7, 11) is 5.76. The molecule has 0 aliphatic rings. The highest BCUT2D eigenvalue weighted by atomic mass is 15.5. The zero-order chi connectivity index (χ0) is 13.2. The van der Waals surface area contributed by atoms with E-state index in [1.165, 1.54) is 0 Å². The molecule has 0 aliphatic carbocycles. The van der Waals surface area contributed by atoms with Crippen LogP contribution in [0.2, 0.25) is 0 Å². The van der Waals surface area contributed by atoms with Gasteiger partial charge in [0.2, 0.25) is 0 Å². The first-order valence-electron chi connectivity index (χ1n) is 5.76. The second-order valence-corrected chi connectivity index (χ2v) is 5.38. The molecule has 0 saturated carbocycles. The van der Waals surface area contributed by atoms with E-state index in [0.717, 1.165) is 23.0 Å². The smallest absolute Gasteiger partial charge is 0.149 e. The van der Waals surface area contributed by atoms with Crippen molar-refractivity contribution in [2.75, 3.05) is 31.9 Å². The Kier molecular flexibility index (Phi) is 3.93. The van der Waals surface area contributed by atoms with Gasteiger partial charge in [0, 0.05) is 32.1 Å². The van der Waals surface area contributed by atoms with Crippen LogP contribution < -0.4 is 10.7 Å². The lowest BCUT2D eigenvalue weighted by atomic mass is 9.95. The molecule has 2 N–H and O–H groups in total. The van der Waals surface area contributed by atoms with Crippen molar-refractivity contribution in [2.24, 2.45) is 0 Å². The summed E-state index contributed by atoms with van der Waals surface area (Å²) in [6, 6.07) is 0. The second-order valence-electron chi connectivity index (χ2n) is 5.38. The molecule has 1 aromatic heterocycles. The average Bonchev–Trinajstić information content (AvgIpc) is 2.18. The number of nitrogens with one attached hydrogen (secondary N) is 2. The van der Waals surface area contributed by atoms with E-state index < -0.39 is 0 Å². The maximum atomic E-state index is 4.59. The fraction of sp³-hybridized carbons (Fsp3) is 0.667. The Hall–Kier alpha value is -1.36. The second kappa shape index (κ2) is 4.87. The first-order valence-corrected chi connectivity index (χ1v) is 5.76. The molecular weight excluding hydrogens is 214 g/mol. The SMILES string of the molecule is CNc1nc(C(C)(C)C)nc(NN(C)C)c1C. The van der Waals surface area contributed by atoms with Crippen LogP contribution in [0.25, 0.3) is 0 Å². The fourth-order valence-electron chi connectivity index (χ4n) is 1.42. The zero-order valence-corrected chi connectivity index (χ0v) is 11.8. The molecule has 0 saturated heterocycles. The third kappa shape index (κ3) is 3.30. The van der Waals surface area contributed by atoms with Gasteiger partial charge in [-0.15, -0.1) is 0 Å². The number of hydrogen-bond donors (Lipinski definition) is 2. The Labute approximate surface area is 104 Å². The summed E-state index contributed by atoms with van der Waals surface area (Å²) >= 11 is 0. The van der Waals surface area contributed by atoms with Crippen LogP contribution in [0.1, 0.15) is 32.2 Å². The lowest BCUT2D eigenvalue weighted by Gasteiger charge is -2.22. The minimum absolute atomic E-state index is 0.0674. The summed E-state index contributed by atoms with van der Waals surface area (Å²) in [6.07, 6.45) is 0. The van der Waals surface area contributed by atoms with Crippen LogP contribution in [0.5, 0.6) is 0 Å². The molecule has 0 unspecified atom stereocenters. The van der Waals surface area contributed by atoms with Crippen molar-refractivity contribution in [1.82, 2.24) is 15.0 Å². The molecule has 1 rings (SSSR count). The third-order valence-electron chi connectivity index (χ3n) is 2.38. The molecule has 96 valence electrons. The van der Waals surface area contributed by atoms with E-state index in [2.05, 4.69) is 41.5 Å². The van der Waals surface area contributed by atoms with Gasteiger partial charge in [0.05, 0.1) is 0 Å². The summed E-state index contributed by atoms with van der Waals surface area (Å²) in [5.41, 5.74) is 4.16. The Balaban J connectivity index is 3.28. The van der Waals surface area contributed by atoms with E-state index >= 15 is 0 Å². The monoisotopic (exact) mass is 237 g/mol. The van der Waals surface area contributed by atoms with Crippen LogP contribution in [-0.4, -0.2) is 36.1 Å². The number of aromatic nitrogens is 2. The molecule has 17 heavy (non-hydrogen) atoms. The van der Waals surface area contributed by atoms with Gasteiger partial charge in [-0.25, -0.2) is 15.0 Å². The standard InChI is InChI=1S/C12H23N5/c1-8-9(13-5)14-11(12(2,3)4)15-10(8)16-17(6)7/h1-7H3,(H2,13,14,15,16). The minimum Gasteiger partial charge on any atom is -0.373 e. The molecule has 0 bridgehead atoms. The van der Waals surface area contributed by atoms with E-state index in [-0.39, 0.29) is 5.41 Å². The number of hydrazine groups is 1. The van der Waals surface area contributed by atoms with Gasteiger partial charge in [0.25, 0.3) is 0 Å². The lowest BCUT2D eigenvalue weighted by Crippen LogP contribution is -2.24. The number of hydrogen-bond acceptors (Lipinski definition) is 5. The van der Waals surface area contributed by atoms with E-state index in [1.54, 1.807) is 0 Å². The zero-order valence-electron chi connectivity index (χ0n) is 11.8. The quantitative estimate of drug-likeness (QED) is 0.788. The van der Waals surface area contributed by atoms with Gasteiger partial charge in [0.1, 0.15) is 17.5 Å². The molecule has 1 heterocycles. The third-order valence-corrected chi connectivity index (χ3v) is 2.38. The van der Waals surface area contributed by atoms with Crippen LogP contribution in [0.3, 0.4) is 0 Å². The Morgan fingerprint density at radius 3 is 2.00 bits per heavy atom. The van der Waals surface area contributed by atoms with Gasteiger partial charge in [-0.1, -0.05) is 20.8 Å². The summed E-state index contributed by atoms with van der Waals surface area (Å²) in [5, 5.41) is 4.99. The summed E-state index contributed by atoms with van der Waals surface area (Å²) in [4.78, 5) is 9.14. The highest BCUT2D eigenvalue weighted by Crippen LogP contribution is 2.25. The molecule has 5 heteroatoms. The topological polar surface area (TPSA) is 53.1 Å². The Bertz CT molecular complexity index is 393. The van der Waals surface area contributed by atoms with Gasteiger partial charge in [-0.2, -0.15) is 0 Å². The number of nitrogens with zero attached hydrogens (tertiary/aromatic N) is 3. The highest BCUT2D eigenvalue weighted by Gasteiger charge is 2.20. The van der Waals surface area contributed by atoms with Gasteiger partial charge >= 0.3 is 0 Å². The molecular formula is C12H23N5. The number of anilines is 2. The fourth-order valence-corrected chi connectivity index (χ4v) is 1.42. The van der Waals surface area contributed by atoms with Crippen LogP contribution in [-0.2, 0) is 5.41 Å². The van der Waals surface area contributed by atoms with E-state index in [1.807, 2.05) is 33.1 Å². The van der Waals surface area contributed by atoms with Crippen molar-refractivity contribution in [3.8, 4) is 0 Å². The van der Waals surface area contributed by atoms with Crippen molar-refractivity contribution in [3.63, 3.8) is 0 Å². The van der Waals surface area contributed by atoms with Gasteiger partial charge in [0.15, 0.2) is 0 Å². The van der Waals surface area contributed by atoms with Crippen LogP contribution in [0, 0.1) is 6.92 Å². The van der Waals surface area contributed by atoms with Crippen LogP contribution >= 0.6 is 0 Å². The Morgan fingerprint density at radius 1 is 1.06 bits per heavy atom. The van der Waals surface area contributed by atoms with Crippen molar-refractivity contribution in [3.05, 3.63) is 11.4 Å². The van der Waals surface area contributed by atoms with Gasteiger partial charge in [-0.05, 0) is 6.92 Å². The molecule has 0 fully saturated rings. The molecule has 0 spiro atoms. The predicted molar refractivity (Wildman–Crippen MR) is 72.3 cm³/mol. The van der Waals surface area contributed by atoms with Crippen LogP contribution in [0.15, 0.2) is 0 Å². The largest absolute Gasteiger partial charge is 0.373 e. The molecule has 0 aliphatic heterocycles. The van der Waals surface area contributed by atoms with E-state index in [0.29, 0.717) is 0 Å². The van der Waals surface area contributed by atoms with Gasteiger partial charge < -0.3 is 10.7 Å². The molecule has 5 nitrogen and oxygen atoms in total. The number of rotatable bonds is 3. The van der Waals surface area contributed by atoms with Crippen molar-refractivity contribution in [1.29, 1.82) is 0 Å². The van der Waals surface area contributed by atoms with Crippen LogP contribution in [0.4, 0.5) is 11.6 Å². The lowest BCUT2D eigenvalue weighted by molar-refractivity contribution is 0.486. The molecule has 1 aromatic rings. The van der Waals surface area contributed by atoms with Gasteiger partial charge in [-0.3, -0.25) is 0 Å². The average molecular weight is 237 g/mol. The summed E-state index contributed by atoms with van der Waals surface area (Å²) < 4.78 is 0. The maximum absolute atomic E-state index is 4.59. The highest BCUT2D eigenvalue weighted by molar-refractivity contribution is 5.56. The first kappa shape index (κ1) is 13.7. The molecule has 0 amide bonds. The van der Waals surface area contributed by atoms with E-state index in [4.69, 9.17) is 0 Å². The normalized spacial score (nSPS) is 11.8. The molecule has 0 aromatic carbocycles. The van der Waals surface area contributed by atoms with Crippen molar-refractivity contribution in [2.45, 2.75) is 33.1 Å². The first-order chi connectivity index (χ1) is 7.75. The van der Waals surface area contributed by atoms with Crippen molar-refractivity contribution < 1.29 is 0 Å². The Morgan fingerprint density at radius 2 is 1.59 bits per heavy atom. The summed E-state index contributed by atoms with van der Waals surface area (Å²) in [5.74, 6) is 2.55. The molecule has 0 atom stereocenters. The maximum Gasteiger partial charge on any atom is 0.149 e. The molecule has 0 radical (unpaired) electrons. The summed E-state index contributed by atoms with van der Waals surface area (Å²) in [6.45, 7) is 8.33. The minimum atomic E-state index is -0.0674. The van der Waals surface area contributed by atoms with E-state index in [9.17, 15) is 0 Å². The van der Waals surface area contributed by atoms with Crippen molar-refractivity contribution >= 4 is 11.6 Å². The predicted octanol–water partition coefficient (Wildman–Crippen LogP) is 2.01.